The zero-order valence-electron chi connectivity index (χ0n) is 12.1. The van der Waals surface area contributed by atoms with E-state index in [4.69, 9.17) is 0 Å². The number of rotatable bonds is 8. The Morgan fingerprint density at radius 2 is 1.86 bits per heavy atom. The number of benzene rings is 1. The van der Waals surface area contributed by atoms with Crippen molar-refractivity contribution in [3.8, 4) is 0 Å². The first-order valence-electron chi connectivity index (χ1n) is 7.22. The molecule has 118 valence electrons. The molecule has 1 atom stereocenters. The van der Waals surface area contributed by atoms with Crippen molar-refractivity contribution in [2.24, 2.45) is 0 Å². The van der Waals surface area contributed by atoms with Crippen LogP contribution in [0.4, 0.5) is 13.2 Å². The Kier molecular flexibility index (Phi) is 6.89. The van der Waals surface area contributed by atoms with E-state index in [9.17, 15) is 23.1 Å². The Balaban J connectivity index is 2.64. The molecule has 0 aliphatic rings. The molecule has 1 aromatic carbocycles. The smallest absolute Gasteiger partial charge is 0.388 e. The first-order valence-corrected chi connectivity index (χ1v) is 7.22. The number of ketones is 1. The lowest BCUT2D eigenvalue weighted by molar-refractivity contribution is -0.139. The second-order valence-corrected chi connectivity index (χ2v) is 5.15. The molecular weight excluding hydrogens is 281 g/mol. The summed E-state index contributed by atoms with van der Waals surface area (Å²) in [5.74, 6) is -0.199. The molecule has 1 aromatic rings. The van der Waals surface area contributed by atoms with Crippen molar-refractivity contribution in [3.63, 3.8) is 0 Å². The van der Waals surface area contributed by atoms with Crippen molar-refractivity contribution in [1.82, 2.24) is 0 Å². The quantitative estimate of drug-likeness (QED) is 0.709. The molecule has 0 fully saturated rings. The van der Waals surface area contributed by atoms with Gasteiger partial charge in [-0.1, -0.05) is 44.4 Å². The van der Waals surface area contributed by atoms with Crippen molar-refractivity contribution in [2.45, 2.75) is 57.7 Å². The maximum atomic E-state index is 12.8. The number of aliphatic hydroxyl groups excluding tert-OH is 1. The predicted octanol–water partition coefficient (Wildman–Crippen LogP) is 4.67. The van der Waals surface area contributed by atoms with Crippen LogP contribution in [0.5, 0.6) is 0 Å². The van der Waals surface area contributed by atoms with Crippen LogP contribution in [0.1, 0.15) is 62.7 Å². The molecule has 0 amide bonds. The normalized spacial score (nSPS) is 13.2. The second-order valence-electron chi connectivity index (χ2n) is 5.15. The molecule has 0 spiro atoms. The van der Waals surface area contributed by atoms with Crippen LogP contribution in [0.2, 0.25) is 0 Å². The molecule has 0 bridgehead atoms. The fraction of sp³-hybridized carbons (Fsp3) is 0.562. The van der Waals surface area contributed by atoms with Gasteiger partial charge in [-0.05, 0) is 18.1 Å². The average Bonchev–Trinajstić information content (AvgIpc) is 2.42. The second kappa shape index (κ2) is 8.17. The number of aliphatic hydroxyl groups is 1. The van der Waals surface area contributed by atoms with Gasteiger partial charge in [0.05, 0.1) is 11.7 Å². The van der Waals surface area contributed by atoms with Gasteiger partial charge in [-0.3, -0.25) is 4.79 Å². The molecule has 1 N–H and O–H groups in total. The van der Waals surface area contributed by atoms with Crippen molar-refractivity contribution < 1.29 is 23.1 Å². The van der Waals surface area contributed by atoms with Crippen LogP contribution in [0, 0.1) is 0 Å². The topological polar surface area (TPSA) is 37.3 Å². The molecule has 0 heterocycles. The summed E-state index contributed by atoms with van der Waals surface area (Å²) in [5, 5.41) is 9.92. The van der Waals surface area contributed by atoms with Gasteiger partial charge in [-0.15, -0.1) is 0 Å². The first kappa shape index (κ1) is 17.7. The number of carbonyl (C=O) groups excluding carboxylic acids is 1. The summed E-state index contributed by atoms with van der Waals surface area (Å²) in [6.45, 7) is 2.06. The lowest BCUT2D eigenvalue weighted by Gasteiger charge is -2.17. The summed E-state index contributed by atoms with van der Waals surface area (Å²) < 4.78 is 38.5. The molecular formula is C16H21F3O2. The van der Waals surface area contributed by atoms with Crippen LogP contribution in [-0.2, 0) is 11.0 Å². The minimum atomic E-state index is -4.53. The maximum Gasteiger partial charge on any atom is 0.416 e. The third kappa shape index (κ3) is 5.87. The molecule has 0 radical (unpaired) electrons. The Labute approximate surface area is 123 Å². The molecule has 5 heteroatoms. The molecule has 0 saturated carbocycles. The molecule has 0 aromatic heterocycles. The summed E-state index contributed by atoms with van der Waals surface area (Å²) in [7, 11) is 0. The van der Waals surface area contributed by atoms with Crippen molar-refractivity contribution in [2.75, 3.05) is 0 Å². The van der Waals surface area contributed by atoms with E-state index in [0.29, 0.717) is 6.42 Å². The number of halogens is 3. The third-order valence-electron chi connectivity index (χ3n) is 3.36. The molecule has 0 unspecified atom stereocenters. The van der Waals surface area contributed by atoms with Crippen LogP contribution < -0.4 is 0 Å². The minimum absolute atomic E-state index is 0.199. The van der Waals surface area contributed by atoms with Crippen LogP contribution in [0.15, 0.2) is 24.3 Å². The van der Waals surface area contributed by atoms with E-state index in [1.807, 2.05) is 0 Å². The van der Waals surface area contributed by atoms with E-state index < -0.39 is 17.8 Å². The van der Waals surface area contributed by atoms with Gasteiger partial charge >= 0.3 is 6.18 Å². The summed E-state index contributed by atoms with van der Waals surface area (Å²) in [5.41, 5.74) is -1.11. The van der Waals surface area contributed by atoms with E-state index >= 15 is 0 Å². The Morgan fingerprint density at radius 1 is 1.19 bits per heavy atom. The number of carbonyl (C=O) groups is 1. The molecule has 0 aliphatic carbocycles. The fourth-order valence-corrected chi connectivity index (χ4v) is 2.22. The van der Waals surface area contributed by atoms with Gasteiger partial charge in [0.15, 0.2) is 0 Å². The van der Waals surface area contributed by atoms with Gasteiger partial charge in [-0.25, -0.2) is 0 Å². The SMILES string of the molecule is CCCCCCC(=O)C[C@@H](O)c1ccccc1C(F)(F)F. The van der Waals surface area contributed by atoms with E-state index in [-0.39, 0.29) is 17.8 Å². The highest BCUT2D eigenvalue weighted by atomic mass is 19.4. The van der Waals surface area contributed by atoms with Gasteiger partial charge in [0.25, 0.3) is 0 Å². The number of hydrogen-bond donors (Lipinski definition) is 1. The monoisotopic (exact) mass is 302 g/mol. The van der Waals surface area contributed by atoms with Crippen molar-refractivity contribution >= 4 is 5.78 Å². The number of hydrogen-bond acceptors (Lipinski definition) is 2. The molecule has 0 saturated heterocycles. The first-order chi connectivity index (χ1) is 9.86. The van der Waals surface area contributed by atoms with E-state index in [1.54, 1.807) is 0 Å². The lowest BCUT2D eigenvalue weighted by atomic mass is 9.96. The average molecular weight is 302 g/mol. The summed E-state index contributed by atoms with van der Waals surface area (Å²) in [6.07, 6.45) is -2.14. The molecule has 1 rings (SSSR count). The highest BCUT2D eigenvalue weighted by Gasteiger charge is 2.34. The number of alkyl halides is 3. The van der Waals surface area contributed by atoms with Crippen LogP contribution in [0.25, 0.3) is 0 Å². The predicted molar refractivity (Wildman–Crippen MR) is 74.8 cm³/mol. The van der Waals surface area contributed by atoms with Crippen molar-refractivity contribution in [3.05, 3.63) is 35.4 Å². The molecule has 21 heavy (non-hydrogen) atoms. The van der Waals surface area contributed by atoms with Gasteiger partial charge in [0.1, 0.15) is 5.78 Å². The fourth-order valence-electron chi connectivity index (χ4n) is 2.22. The maximum absolute atomic E-state index is 12.8. The van der Waals surface area contributed by atoms with Gasteiger partial charge in [0, 0.05) is 12.8 Å². The third-order valence-corrected chi connectivity index (χ3v) is 3.36. The van der Waals surface area contributed by atoms with Crippen molar-refractivity contribution in [1.29, 1.82) is 0 Å². The summed E-state index contributed by atoms with van der Waals surface area (Å²) in [4.78, 5) is 11.7. The van der Waals surface area contributed by atoms with Crippen LogP contribution in [0.3, 0.4) is 0 Å². The number of unbranched alkanes of at least 4 members (excludes halogenated alkanes) is 3. The lowest BCUT2D eigenvalue weighted by Crippen LogP contribution is -2.14. The zero-order chi connectivity index (χ0) is 15.9. The minimum Gasteiger partial charge on any atom is -0.388 e. The zero-order valence-corrected chi connectivity index (χ0v) is 12.1. The van der Waals surface area contributed by atoms with E-state index in [0.717, 1.165) is 31.7 Å². The van der Waals surface area contributed by atoms with Crippen LogP contribution >= 0.6 is 0 Å². The highest BCUT2D eigenvalue weighted by Crippen LogP contribution is 2.35. The standard InChI is InChI=1S/C16H21F3O2/c1-2-3-4-5-8-12(20)11-15(21)13-9-6-7-10-14(13)16(17,18)19/h6-7,9-10,15,21H,2-5,8,11H2,1H3/t15-/m1/s1. The largest absolute Gasteiger partial charge is 0.416 e. The van der Waals surface area contributed by atoms with E-state index in [1.165, 1.54) is 18.2 Å². The van der Waals surface area contributed by atoms with Gasteiger partial charge in [-0.2, -0.15) is 13.2 Å². The summed E-state index contributed by atoms with van der Waals surface area (Å²) in [6, 6.07) is 4.84. The molecule has 2 nitrogen and oxygen atoms in total. The van der Waals surface area contributed by atoms with E-state index in [2.05, 4.69) is 6.92 Å². The number of Topliss-reactive ketones (excluding diaryl/α,β-unsaturated/α-hetero) is 1. The van der Waals surface area contributed by atoms with Gasteiger partial charge in [0.2, 0.25) is 0 Å². The Morgan fingerprint density at radius 3 is 2.48 bits per heavy atom. The highest BCUT2D eigenvalue weighted by molar-refractivity contribution is 5.79. The van der Waals surface area contributed by atoms with Crippen LogP contribution in [-0.4, -0.2) is 10.9 Å². The molecule has 0 aliphatic heterocycles. The van der Waals surface area contributed by atoms with Gasteiger partial charge < -0.3 is 5.11 Å². The Hall–Kier alpha value is -1.36. The summed E-state index contributed by atoms with van der Waals surface area (Å²) >= 11 is 0. The Bertz CT molecular complexity index is 455.